The summed E-state index contributed by atoms with van der Waals surface area (Å²) in [5, 5.41) is 3.65. The smallest absolute Gasteiger partial charge is 0.187 e. The normalized spacial score (nSPS) is 10.6. The number of rotatable bonds is 6. The minimum Gasteiger partial charge on any atom is -0.494 e. The zero-order valence-electron chi connectivity index (χ0n) is 11.7. The lowest BCUT2D eigenvalue weighted by Gasteiger charge is -2.03. The number of carbonyl (C=O) groups is 1. The average Bonchev–Trinajstić information content (AvgIpc) is 2.48. The second-order valence-corrected chi connectivity index (χ2v) is 4.75. The summed E-state index contributed by atoms with van der Waals surface area (Å²) in [4.78, 5) is 12.0. The molecule has 0 bridgehead atoms. The van der Waals surface area contributed by atoms with E-state index in [1.165, 1.54) is 6.08 Å². The molecule has 0 atom stereocenters. The molecular formula is C17H16ClNO2. The summed E-state index contributed by atoms with van der Waals surface area (Å²) in [5.74, 6) is 0.683. The first-order valence-electron chi connectivity index (χ1n) is 6.65. The Balaban J connectivity index is 1.95. The van der Waals surface area contributed by atoms with Crippen molar-refractivity contribution in [3.8, 4) is 5.75 Å². The lowest BCUT2D eigenvalue weighted by atomic mass is 10.1. The zero-order chi connectivity index (χ0) is 15.1. The quantitative estimate of drug-likeness (QED) is 0.628. The van der Waals surface area contributed by atoms with Crippen LogP contribution in [0, 0.1) is 0 Å². The minimum atomic E-state index is -0.0763. The van der Waals surface area contributed by atoms with Crippen molar-refractivity contribution < 1.29 is 9.53 Å². The third-order valence-electron chi connectivity index (χ3n) is 2.76. The van der Waals surface area contributed by atoms with Crippen molar-refractivity contribution in [2.24, 2.45) is 0 Å². The van der Waals surface area contributed by atoms with Crippen LogP contribution in [-0.4, -0.2) is 12.4 Å². The number of carbonyl (C=O) groups excluding carboxylic acids is 1. The summed E-state index contributed by atoms with van der Waals surface area (Å²) in [7, 11) is 0. The van der Waals surface area contributed by atoms with Crippen LogP contribution in [0.2, 0.25) is 5.02 Å². The summed E-state index contributed by atoms with van der Waals surface area (Å²) < 4.78 is 5.34. The van der Waals surface area contributed by atoms with Crippen molar-refractivity contribution >= 4 is 23.1 Å². The van der Waals surface area contributed by atoms with Gasteiger partial charge in [-0.3, -0.25) is 4.79 Å². The maximum absolute atomic E-state index is 12.0. The highest BCUT2D eigenvalue weighted by Gasteiger charge is 2.01. The molecule has 21 heavy (non-hydrogen) atoms. The molecule has 2 aromatic rings. The molecule has 0 aliphatic carbocycles. The Morgan fingerprint density at radius 1 is 1.24 bits per heavy atom. The highest BCUT2D eigenvalue weighted by Crippen LogP contribution is 2.15. The molecule has 3 nitrogen and oxygen atoms in total. The number of ketones is 1. The second kappa shape index (κ2) is 7.50. The molecule has 0 saturated carbocycles. The van der Waals surface area contributed by atoms with Crippen LogP contribution in [-0.2, 0) is 0 Å². The number of ether oxygens (including phenoxy) is 1. The SMILES string of the molecule is CCOc1ccc(C(=O)/C=C/Nc2cccc(Cl)c2)cc1. The van der Waals surface area contributed by atoms with Gasteiger partial charge in [-0.05, 0) is 49.4 Å². The molecule has 4 heteroatoms. The summed E-state index contributed by atoms with van der Waals surface area (Å²) in [6.07, 6.45) is 3.08. The van der Waals surface area contributed by atoms with E-state index in [-0.39, 0.29) is 5.78 Å². The molecule has 2 aromatic carbocycles. The Labute approximate surface area is 129 Å². The Morgan fingerprint density at radius 2 is 2.00 bits per heavy atom. The van der Waals surface area contributed by atoms with Crippen LogP contribution in [0.25, 0.3) is 0 Å². The Kier molecular flexibility index (Phi) is 5.41. The predicted molar refractivity (Wildman–Crippen MR) is 86.2 cm³/mol. The van der Waals surface area contributed by atoms with Crippen molar-refractivity contribution in [3.05, 3.63) is 71.4 Å². The fourth-order valence-electron chi connectivity index (χ4n) is 1.77. The van der Waals surface area contributed by atoms with Gasteiger partial charge in [-0.1, -0.05) is 17.7 Å². The van der Waals surface area contributed by atoms with Gasteiger partial charge in [0.1, 0.15) is 5.75 Å². The lowest BCUT2D eigenvalue weighted by Crippen LogP contribution is -1.97. The topological polar surface area (TPSA) is 38.3 Å². The van der Waals surface area contributed by atoms with E-state index in [0.717, 1.165) is 11.4 Å². The molecule has 0 heterocycles. The minimum absolute atomic E-state index is 0.0763. The van der Waals surface area contributed by atoms with E-state index in [1.807, 2.05) is 19.1 Å². The van der Waals surface area contributed by atoms with Gasteiger partial charge in [0, 0.05) is 28.5 Å². The highest BCUT2D eigenvalue weighted by atomic mass is 35.5. The van der Waals surface area contributed by atoms with Crippen LogP contribution in [0.15, 0.2) is 60.8 Å². The molecule has 0 aromatic heterocycles. The van der Waals surface area contributed by atoms with Crippen molar-refractivity contribution in [2.75, 3.05) is 11.9 Å². The molecule has 1 N–H and O–H groups in total. The van der Waals surface area contributed by atoms with E-state index < -0.39 is 0 Å². The molecular weight excluding hydrogens is 286 g/mol. The third-order valence-corrected chi connectivity index (χ3v) is 2.99. The fourth-order valence-corrected chi connectivity index (χ4v) is 1.96. The van der Waals surface area contributed by atoms with Gasteiger partial charge in [0.15, 0.2) is 5.78 Å². The number of nitrogens with one attached hydrogen (secondary N) is 1. The van der Waals surface area contributed by atoms with Crippen LogP contribution >= 0.6 is 11.6 Å². The summed E-state index contributed by atoms with van der Waals surface area (Å²) in [6, 6.07) is 14.4. The molecule has 0 aliphatic rings. The number of allylic oxidation sites excluding steroid dienone is 1. The summed E-state index contributed by atoms with van der Waals surface area (Å²) in [6.45, 7) is 2.53. The molecule has 108 valence electrons. The monoisotopic (exact) mass is 301 g/mol. The molecule has 0 spiro atoms. The molecule has 0 fully saturated rings. The molecule has 0 amide bonds. The van der Waals surface area contributed by atoms with E-state index >= 15 is 0 Å². The first-order chi connectivity index (χ1) is 10.2. The van der Waals surface area contributed by atoms with Gasteiger partial charge in [0.05, 0.1) is 6.61 Å². The van der Waals surface area contributed by atoms with Crippen LogP contribution in [0.3, 0.4) is 0 Å². The predicted octanol–water partition coefficient (Wildman–Crippen LogP) is 4.55. The summed E-state index contributed by atoms with van der Waals surface area (Å²) >= 11 is 5.88. The maximum Gasteiger partial charge on any atom is 0.187 e. The van der Waals surface area contributed by atoms with Gasteiger partial charge in [0.2, 0.25) is 0 Å². The van der Waals surface area contributed by atoms with Crippen LogP contribution < -0.4 is 10.1 Å². The highest BCUT2D eigenvalue weighted by molar-refractivity contribution is 6.30. The van der Waals surface area contributed by atoms with Gasteiger partial charge in [-0.25, -0.2) is 0 Å². The molecule has 0 radical (unpaired) electrons. The van der Waals surface area contributed by atoms with E-state index in [9.17, 15) is 4.79 Å². The van der Waals surface area contributed by atoms with Crippen LogP contribution in [0.5, 0.6) is 5.75 Å². The lowest BCUT2D eigenvalue weighted by molar-refractivity contribution is 0.104. The fraction of sp³-hybridized carbons (Fsp3) is 0.118. The summed E-state index contributed by atoms with van der Waals surface area (Å²) in [5.41, 5.74) is 1.45. The van der Waals surface area contributed by atoms with Crippen LogP contribution in [0.4, 0.5) is 5.69 Å². The van der Waals surface area contributed by atoms with E-state index in [1.54, 1.807) is 42.6 Å². The van der Waals surface area contributed by atoms with Gasteiger partial charge in [-0.15, -0.1) is 0 Å². The molecule has 0 unspecified atom stereocenters. The Bertz CT molecular complexity index is 635. The van der Waals surface area contributed by atoms with Gasteiger partial charge < -0.3 is 10.1 Å². The third kappa shape index (κ3) is 4.65. The van der Waals surface area contributed by atoms with Gasteiger partial charge >= 0.3 is 0 Å². The number of hydrogen-bond acceptors (Lipinski definition) is 3. The number of halogens is 1. The standard InChI is InChI=1S/C17H16ClNO2/c1-2-21-16-8-6-13(7-9-16)17(20)10-11-19-15-5-3-4-14(18)12-15/h3-12,19H,2H2,1H3/b11-10+. The van der Waals surface area contributed by atoms with E-state index in [0.29, 0.717) is 17.2 Å². The maximum atomic E-state index is 12.0. The van der Waals surface area contributed by atoms with Gasteiger partial charge in [-0.2, -0.15) is 0 Å². The van der Waals surface area contributed by atoms with E-state index in [4.69, 9.17) is 16.3 Å². The first kappa shape index (κ1) is 15.1. The van der Waals surface area contributed by atoms with Crippen LogP contribution in [0.1, 0.15) is 17.3 Å². The Morgan fingerprint density at radius 3 is 2.67 bits per heavy atom. The second-order valence-electron chi connectivity index (χ2n) is 4.31. The van der Waals surface area contributed by atoms with Crippen molar-refractivity contribution in [1.29, 1.82) is 0 Å². The number of hydrogen-bond donors (Lipinski definition) is 1. The molecule has 0 saturated heterocycles. The number of benzene rings is 2. The molecule has 0 aliphatic heterocycles. The number of anilines is 1. The Hall–Kier alpha value is -2.26. The molecule has 2 rings (SSSR count). The average molecular weight is 302 g/mol. The first-order valence-corrected chi connectivity index (χ1v) is 7.02. The van der Waals surface area contributed by atoms with E-state index in [2.05, 4.69) is 5.32 Å². The van der Waals surface area contributed by atoms with Crippen molar-refractivity contribution in [2.45, 2.75) is 6.92 Å². The van der Waals surface area contributed by atoms with Crippen molar-refractivity contribution in [1.82, 2.24) is 0 Å². The van der Waals surface area contributed by atoms with Crippen molar-refractivity contribution in [3.63, 3.8) is 0 Å². The van der Waals surface area contributed by atoms with Gasteiger partial charge in [0.25, 0.3) is 0 Å². The zero-order valence-corrected chi connectivity index (χ0v) is 12.4. The largest absolute Gasteiger partial charge is 0.494 e.